The number of rotatable bonds is 7. The molecule has 1 aliphatic rings. The fourth-order valence-corrected chi connectivity index (χ4v) is 2.44. The third-order valence-electron chi connectivity index (χ3n) is 3.74. The molecule has 0 saturated heterocycles. The van der Waals surface area contributed by atoms with Crippen molar-refractivity contribution in [2.24, 2.45) is 11.3 Å². The minimum absolute atomic E-state index is 0.0363. The van der Waals surface area contributed by atoms with Crippen LogP contribution >= 0.6 is 0 Å². The van der Waals surface area contributed by atoms with E-state index < -0.39 is 29.2 Å². The van der Waals surface area contributed by atoms with Crippen molar-refractivity contribution >= 4 is 12.1 Å². The number of alkyl carbamates (subject to hydrolysis) is 1. The number of nitrogens with one attached hydrogen (secondary N) is 1. The van der Waals surface area contributed by atoms with Gasteiger partial charge in [-0.15, -0.1) is 0 Å². The zero-order chi connectivity index (χ0) is 16.3. The van der Waals surface area contributed by atoms with Crippen molar-refractivity contribution < 1.29 is 24.5 Å². The fourth-order valence-electron chi connectivity index (χ4n) is 2.44. The molecule has 0 aromatic heterocycles. The first-order valence-electron chi connectivity index (χ1n) is 7.45. The number of carbonyl (C=O) groups excluding carboxylic acids is 1. The highest BCUT2D eigenvalue weighted by molar-refractivity contribution is 5.77. The summed E-state index contributed by atoms with van der Waals surface area (Å²) < 4.78 is 5.15. The van der Waals surface area contributed by atoms with Crippen LogP contribution in [0.4, 0.5) is 4.79 Å². The maximum atomic E-state index is 11.7. The molecular weight excluding hydrogens is 274 g/mol. The summed E-state index contributed by atoms with van der Waals surface area (Å²) in [6, 6.07) is 0. The number of carbonyl (C=O) groups is 2. The summed E-state index contributed by atoms with van der Waals surface area (Å²) in [7, 11) is 0. The van der Waals surface area contributed by atoms with E-state index in [1.54, 1.807) is 27.7 Å². The first-order valence-corrected chi connectivity index (χ1v) is 7.45. The Bertz CT molecular complexity index is 384. The standard InChI is InChI=1S/C15H27NO5/c1-10(17)7-8-15(12(18)19,11-5-6-11)9-16-13(20)21-14(2,3)4/h10-11,17H,5-9H2,1-4H3,(H,16,20)(H,18,19). The maximum absolute atomic E-state index is 11.7. The quantitative estimate of drug-likeness (QED) is 0.669. The molecule has 0 radical (unpaired) electrons. The second-order valence-electron chi connectivity index (χ2n) is 6.98. The van der Waals surface area contributed by atoms with Crippen molar-refractivity contribution in [3.8, 4) is 0 Å². The molecule has 21 heavy (non-hydrogen) atoms. The van der Waals surface area contributed by atoms with Crippen LogP contribution in [0.3, 0.4) is 0 Å². The molecule has 2 unspecified atom stereocenters. The molecule has 6 nitrogen and oxygen atoms in total. The van der Waals surface area contributed by atoms with E-state index in [0.29, 0.717) is 12.8 Å². The summed E-state index contributed by atoms with van der Waals surface area (Å²) in [5, 5.41) is 21.6. The lowest BCUT2D eigenvalue weighted by atomic mass is 9.77. The Labute approximate surface area is 125 Å². The van der Waals surface area contributed by atoms with Crippen molar-refractivity contribution in [1.82, 2.24) is 5.32 Å². The van der Waals surface area contributed by atoms with Crippen molar-refractivity contribution in [3.05, 3.63) is 0 Å². The molecule has 1 amide bonds. The van der Waals surface area contributed by atoms with E-state index in [1.165, 1.54) is 0 Å². The van der Waals surface area contributed by atoms with Crippen LogP contribution in [0, 0.1) is 11.3 Å². The van der Waals surface area contributed by atoms with Crippen LogP contribution in [-0.4, -0.2) is 40.5 Å². The fraction of sp³-hybridized carbons (Fsp3) is 0.867. The summed E-state index contributed by atoms with van der Waals surface area (Å²) in [6.07, 6.45) is 1.29. The lowest BCUT2D eigenvalue weighted by molar-refractivity contribution is -0.151. The van der Waals surface area contributed by atoms with Crippen LogP contribution in [-0.2, 0) is 9.53 Å². The van der Waals surface area contributed by atoms with Crippen LogP contribution in [0.1, 0.15) is 53.4 Å². The number of aliphatic hydroxyl groups excluding tert-OH is 1. The average molecular weight is 301 g/mol. The van der Waals surface area contributed by atoms with Crippen LogP contribution in [0.5, 0.6) is 0 Å². The third kappa shape index (κ3) is 5.53. The first kappa shape index (κ1) is 17.8. The highest BCUT2D eigenvalue weighted by atomic mass is 16.6. The topological polar surface area (TPSA) is 95.9 Å². The van der Waals surface area contributed by atoms with Crippen molar-refractivity contribution in [2.75, 3.05) is 6.54 Å². The number of amides is 1. The van der Waals surface area contributed by atoms with Crippen molar-refractivity contribution in [2.45, 2.75) is 65.1 Å². The van der Waals surface area contributed by atoms with Gasteiger partial charge in [0, 0.05) is 6.54 Å². The Morgan fingerprint density at radius 2 is 1.90 bits per heavy atom. The van der Waals surface area contributed by atoms with E-state index in [9.17, 15) is 19.8 Å². The van der Waals surface area contributed by atoms with Crippen LogP contribution in [0.25, 0.3) is 0 Å². The van der Waals surface area contributed by atoms with Gasteiger partial charge < -0.3 is 20.3 Å². The summed E-state index contributed by atoms with van der Waals surface area (Å²) in [4.78, 5) is 23.5. The smallest absolute Gasteiger partial charge is 0.407 e. The Morgan fingerprint density at radius 1 is 1.33 bits per heavy atom. The Morgan fingerprint density at radius 3 is 2.29 bits per heavy atom. The normalized spacial score (nSPS) is 19.5. The average Bonchev–Trinajstić information content (AvgIpc) is 3.10. The molecule has 1 fully saturated rings. The van der Waals surface area contributed by atoms with Gasteiger partial charge >= 0.3 is 12.1 Å². The second-order valence-corrected chi connectivity index (χ2v) is 6.98. The van der Waals surface area contributed by atoms with Gasteiger partial charge in [0.2, 0.25) is 0 Å². The van der Waals surface area contributed by atoms with Gasteiger partial charge in [0.1, 0.15) is 5.60 Å². The van der Waals surface area contributed by atoms with Gasteiger partial charge in [-0.3, -0.25) is 4.79 Å². The zero-order valence-electron chi connectivity index (χ0n) is 13.3. The van der Waals surface area contributed by atoms with Gasteiger partial charge in [-0.05, 0) is 59.3 Å². The predicted molar refractivity (Wildman–Crippen MR) is 77.9 cm³/mol. The van der Waals surface area contributed by atoms with Gasteiger partial charge in [0.05, 0.1) is 11.5 Å². The number of hydrogen-bond donors (Lipinski definition) is 3. The third-order valence-corrected chi connectivity index (χ3v) is 3.74. The van der Waals surface area contributed by atoms with Crippen molar-refractivity contribution in [1.29, 1.82) is 0 Å². The first-order chi connectivity index (χ1) is 9.57. The van der Waals surface area contributed by atoms with E-state index in [-0.39, 0.29) is 12.5 Å². The predicted octanol–water partition coefficient (Wildman–Crippen LogP) is 2.15. The van der Waals surface area contributed by atoms with Gasteiger partial charge in [0.15, 0.2) is 0 Å². The Hall–Kier alpha value is -1.30. The molecule has 122 valence electrons. The zero-order valence-corrected chi connectivity index (χ0v) is 13.3. The summed E-state index contributed by atoms with van der Waals surface area (Å²) >= 11 is 0. The van der Waals surface area contributed by atoms with Gasteiger partial charge in [-0.2, -0.15) is 0 Å². The van der Waals surface area contributed by atoms with Gasteiger partial charge in [-0.25, -0.2) is 4.79 Å². The van der Waals surface area contributed by atoms with E-state index in [1.807, 2.05) is 0 Å². The number of aliphatic hydroxyl groups is 1. The maximum Gasteiger partial charge on any atom is 0.407 e. The lowest BCUT2D eigenvalue weighted by Crippen LogP contribution is -2.46. The largest absolute Gasteiger partial charge is 0.481 e. The highest BCUT2D eigenvalue weighted by Gasteiger charge is 2.51. The summed E-state index contributed by atoms with van der Waals surface area (Å²) in [5.41, 5.74) is -1.62. The van der Waals surface area contributed by atoms with Crippen LogP contribution in [0.2, 0.25) is 0 Å². The molecule has 3 N–H and O–H groups in total. The number of aliphatic carboxylic acids is 1. The van der Waals surface area contributed by atoms with Gasteiger partial charge in [0.25, 0.3) is 0 Å². The minimum Gasteiger partial charge on any atom is -0.481 e. The molecule has 0 bridgehead atoms. The molecule has 0 aromatic carbocycles. The molecule has 1 rings (SSSR count). The van der Waals surface area contributed by atoms with Gasteiger partial charge in [-0.1, -0.05) is 0 Å². The molecule has 0 spiro atoms. The molecule has 0 aliphatic heterocycles. The number of hydrogen-bond acceptors (Lipinski definition) is 4. The van der Waals surface area contributed by atoms with Crippen LogP contribution < -0.4 is 5.32 Å². The Balaban J connectivity index is 2.69. The summed E-state index contributed by atoms with van der Waals surface area (Å²) in [5.74, 6) is -0.856. The molecule has 2 atom stereocenters. The number of carboxylic acids is 1. The highest BCUT2D eigenvalue weighted by Crippen LogP contribution is 2.48. The second kappa shape index (κ2) is 6.64. The summed E-state index contributed by atoms with van der Waals surface area (Å²) in [6.45, 7) is 6.94. The van der Waals surface area contributed by atoms with Crippen LogP contribution in [0.15, 0.2) is 0 Å². The minimum atomic E-state index is -1.01. The molecule has 0 aromatic rings. The lowest BCUT2D eigenvalue weighted by Gasteiger charge is -2.31. The SMILES string of the molecule is CC(O)CCC(CNC(=O)OC(C)(C)C)(C(=O)O)C1CC1. The van der Waals surface area contributed by atoms with E-state index in [0.717, 1.165) is 12.8 Å². The van der Waals surface area contributed by atoms with Crippen molar-refractivity contribution in [3.63, 3.8) is 0 Å². The van der Waals surface area contributed by atoms with E-state index in [4.69, 9.17) is 4.74 Å². The molecule has 0 heterocycles. The molecule has 1 aliphatic carbocycles. The Kier molecular flexibility index (Phi) is 5.61. The van der Waals surface area contributed by atoms with E-state index in [2.05, 4.69) is 5.32 Å². The number of ether oxygens (including phenoxy) is 1. The number of carboxylic acid groups (broad SMARTS) is 1. The van der Waals surface area contributed by atoms with E-state index >= 15 is 0 Å². The molecular formula is C15H27NO5. The molecule has 6 heteroatoms. The monoisotopic (exact) mass is 301 g/mol. The molecule has 1 saturated carbocycles.